The van der Waals surface area contributed by atoms with Crippen molar-refractivity contribution in [3.63, 3.8) is 0 Å². The maximum absolute atomic E-state index is 8.00. The van der Waals surface area contributed by atoms with Gasteiger partial charge in [-0.1, -0.05) is 36.5 Å². The monoisotopic (exact) mass is 370 g/mol. The van der Waals surface area contributed by atoms with E-state index in [1.165, 1.54) is 0 Å². The normalized spacial score (nSPS) is 12.4. The number of allylic oxidation sites excluding steroid dienone is 6. The molecule has 72 valence electrons. The first-order chi connectivity index (χ1) is 5.89. The van der Waals surface area contributed by atoms with E-state index in [4.69, 9.17) is 21.2 Å². The van der Waals surface area contributed by atoms with Crippen LogP contribution in [0.15, 0.2) is 36.5 Å². The maximum Gasteiger partial charge on any atom is 0.106 e. The number of hydrogen-bond donors (Lipinski definition) is 0. The van der Waals surface area contributed by atoms with Crippen LogP contribution in [-0.4, -0.2) is 19.0 Å². The first-order valence-electron chi connectivity index (χ1n) is 3.13. The van der Waals surface area contributed by atoms with Gasteiger partial charge in [-0.15, -0.1) is 11.6 Å². The molecule has 0 aromatic carbocycles. The quantitative estimate of drug-likeness (QED) is 0.611. The van der Waals surface area contributed by atoms with E-state index in [1.807, 2.05) is 50.0 Å². The molecule has 1 aliphatic carbocycles. The molecule has 0 fully saturated rings. The molecule has 0 radical (unpaired) electrons. The van der Waals surface area contributed by atoms with E-state index >= 15 is 0 Å². The molecule has 0 atom stereocenters. The minimum Gasteiger partial charge on any atom is -0.307 e. The standard InChI is InChI=1S/C7H7Cl.2CH2O.W/c8-7-5-3-1-2-4-6-7;2*1-2;/h1-7H;2*1H2;. The van der Waals surface area contributed by atoms with Crippen LogP contribution in [0.2, 0.25) is 0 Å². The zero-order valence-electron chi connectivity index (χ0n) is 7.06. The number of halogens is 1. The van der Waals surface area contributed by atoms with Gasteiger partial charge in [-0.05, 0) is 0 Å². The van der Waals surface area contributed by atoms with Crippen molar-refractivity contribution in [2.24, 2.45) is 0 Å². The van der Waals surface area contributed by atoms with Crippen molar-refractivity contribution in [2.45, 2.75) is 5.38 Å². The molecule has 1 aliphatic rings. The predicted octanol–water partition coefficient (Wildman–Crippen LogP) is 1.90. The molecule has 0 bridgehead atoms. The summed E-state index contributed by atoms with van der Waals surface area (Å²) in [5.74, 6) is 0. The summed E-state index contributed by atoms with van der Waals surface area (Å²) in [5, 5.41) is 0.0741. The van der Waals surface area contributed by atoms with Gasteiger partial charge in [0.15, 0.2) is 0 Å². The molecule has 0 N–H and O–H groups in total. The van der Waals surface area contributed by atoms with Crippen LogP contribution in [0.4, 0.5) is 0 Å². The molecule has 0 aromatic heterocycles. The third kappa shape index (κ3) is 14.4. The second-order valence-electron chi connectivity index (χ2n) is 1.60. The minimum atomic E-state index is 0. The van der Waals surface area contributed by atoms with E-state index < -0.39 is 0 Å². The van der Waals surface area contributed by atoms with Crippen LogP contribution in [0.1, 0.15) is 0 Å². The average Bonchev–Trinajstić information content (AvgIpc) is 2.40. The fourth-order valence-electron chi connectivity index (χ4n) is 0.533. The van der Waals surface area contributed by atoms with Gasteiger partial charge in [0.25, 0.3) is 0 Å². The second-order valence-corrected chi connectivity index (χ2v) is 2.10. The van der Waals surface area contributed by atoms with Gasteiger partial charge in [0.05, 0.1) is 5.38 Å². The van der Waals surface area contributed by atoms with Crippen LogP contribution in [0.25, 0.3) is 0 Å². The molecule has 4 heteroatoms. The summed E-state index contributed by atoms with van der Waals surface area (Å²) in [6.07, 6.45) is 11.7. The number of carbonyl (C=O) groups excluding carboxylic acids is 2. The molecule has 1 rings (SSSR count). The van der Waals surface area contributed by atoms with Crippen molar-refractivity contribution < 1.29 is 30.7 Å². The molecule has 0 unspecified atom stereocenters. The van der Waals surface area contributed by atoms with Gasteiger partial charge in [0.2, 0.25) is 0 Å². The summed E-state index contributed by atoms with van der Waals surface area (Å²) in [6, 6.07) is 0. The fourth-order valence-corrected chi connectivity index (χ4v) is 0.701. The van der Waals surface area contributed by atoms with Gasteiger partial charge < -0.3 is 9.59 Å². The number of rotatable bonds is 0. The summed E-state index contributed by atoms with van der Waals surface area (Å²) >= 11 is 5.71. The number of carbonyl (C=O) groups is 2. The summed E-state index contributed by atoms with van der Waals surface area (Å²) in [6.45, 7) is 4.00. The topological polar surface area (TPSA) is 34.1 Å². The Labute approximate surface area is 97.6 Å². The van der Waals surface area contributed by atoms with Crippen LogP contribution in [0, 0.1) is 0 Å². The van der Waals surface area contributed by atoms with E-state index in [0.29, 0.717) is 0 Å². The molecule has 0 aromatic rings. The van der Waals surface area contributed by atoms with Gasteiger partial charge in [-0.2, -0.15) is 0 Å². The Kier molecular flexibility index (Phi) is 24.8. The number of alkyl halides is 1. The van der Waals surface area contributed by atoms with Gasteiger partial charge >= 0.3 is 0 Å². The maximum atomic E-state index is 8.00. The van der Waals surface area contributed by atoms with Crippen molar-refractivity contribution >= 4 is 25.2 Å². The molecule has 0 aliphatic heterocycles. The minimum absolute atomic E-state index is 0. The summed E-state index contributed by atoms with van der Waals surface area (Å²) in [7, 11) is 0. The van der Waals surface area contributed by atoms with Crippen LogP contribution in [-0.2, 0) is 30.7 Å². The van der Waals surface area contributed by atoms with E-state index in [2.05, 4.69) is 0 Å². The molecule has 0 saturated carbocycles. The SMILES string of the molecule is C=O.C=O.ClC1C=CC=CC=C1.[W]. The van der Waals surface area contributed by atoms with E-state index in [-0.39, 0.29) is 26.4 Å². The van der Waals surface area contributed by atoms with Crippen LogP contribution < -0.4 is 0 Å². The first kappa shape index (κ1) is 18.3. The predicted molar refractivity (Wildman–Crippen MR) is 51.3 cm³/mol. The zero-order valence-corrected chi connectivity index (χ0v) is 10.7. The largest absolute Gasteiger partial charge is 0.307 e. The van der Waals surface area contributed by atoms with Crippen molar-refractivity contribution in [1.29, 1.82) is 0 Å². The summed E-state index contributed by atoms with van der Waals surface area (Å²) < 4.78 is 0. The van der Waals surface area contributed by atoms with Gasteiger partial charge in [0, 0.05) is 21.1 Å². The molecular weight excluding hydrogens is 359 g/mol. The van der Waals surface area contributed by atoms with Crippen molar-refractivity contribution in [1.82, 2.24) is 0 Å². The van der Waals surface area contributed by atoms with Gasteiger partial charge in [-0.25, -0.2) is 0 Å². The molecule has 2 nitrogen and oxygen atoms in total. The van der Waals surface area contributed by atoms with Crippen LogP contribution in [0.3, 0.4) is 0 Å². The first-order valence-corrected chi connectivity index (χ1v) is 3.57. The Morgan fingerprint density at radius 3 is 1.46 bits per heavy atom. The second kappa shape index (κ2) is 17.6. The smallest absolute Gasteiger partial charge is 0.106 e. The van der Waals surface area contributed by atoms with E-state index in [9.17, 15) is 0 Å². The van der Waals surface area contributed by atoms with E-state index in [0.717, 1.165) is 0 Å². The Morgan fingerprint density at radius 2 is 1.15 bits per heavy atom. The zero-order chi connectivity index (χ0) is 9.82. The van der Waals surface area contributed by atoms with Gasteiger partial charge in [0.1, 0.15) is 13.6 Å². The number of hydrogen-bond acceptors (Lipinski definition) is 2. The third-order valence-electron chi connectivity index (χ3n) is 0.923. The van der Waals surface area contributed by atoms with Crippen molar-refractivity contribution in [2.75, 3.05) is 0 Å². The van der Waals surface area contributed by atoms with Crippen LogP contribution >= 0.6 is 11.6 Å². The Hall–Kier alpha value is -0.462. The molecule has 0 heterocycles. The molecule has 0 saturated heterocycles. The van der Waals surface area contributed by atoms with Crippen molar-refractivity contribution in [3.8, 4) is 0 Å². The Bertz CT molecular complexity index is 160. The van der Waals surface area contributed by atoms with E-state index in [1.54, 1.807) is 0 Å². The average molecular weight is 370 g/mol. The third-order valence-corrected chi connectivity index (χ3v) is 1.21. The summed E-state index contributed by atoms with van der Waals surface area (Å²) in [5.41, 5.74) is 0. The molecule has 0 spiro atoms. The van der Waals surface area contributed by atoms with Crippen molar-refractivity contribution in [3.05, 3.63) is 36.5 Å². The Balaban J connectivity index is -0.000000178. The summed E-state index contributed by atoms with van der Waals surface area (Å²) in [4.78, 5) is 16.0. The van der Waals surface area contributed by atoms with Gasteiger partial charge in [-0.3, -0.25) is 0 Å². The van der Waals surface area contributed by atoms with Crippen LogP contribution in [0.5, 0.6) is 0 Å². The molecular formula is C9H11ClO2W. The fraction of sp³-hybridized carbons (Fsp3) is 0.111. The molecule has 0 amide bonds. The molecule has 13 heavy (non-hydrogen) atoms. The Morgan fingerprint density at radius 1 is 0.846 bits per heavy atom.